The largest absolute Gasteiger partial charge is 0.415 e. The normalized spacial score (nSPS) is 29.0. The van der Waals surface area contributed by atoms with Crippen molar-refractivity contribution in [1.29, 1.82) is 0 Å². The molecule has 0 amide bonds. The highest BCUT2D eigenvalue weighted by atomic mass is 28.4. The van der Waals surface area contributed by atoms with Gasteiger partial charge in [-0.2, -0.15) is 0 Å². The number of hydrogen-bond acceptors (Lipinski definition) is 4. The predicted molar refractivity (Wildman–Crippen MR) is 115 cm³/mol. The predicted octanol–water partition coefficient (Wildman–Crippen LogP) is 5.25. The summed E-state index contributed by atoms with van der Waals surface area (Å²) in [7, 11) is -3.06. The molecular weight excluding hydrogens is 360 g/mol. The maximum absolute atomic E-state index is 6.73. The van der Waals surface area contributed by atoms with Crippen molar-refractivity contribution in [2.75, 3.05) is 0 Å². The summed E-state index contributed by atoms with van der Waals surface area (Å²) < 4.78 is 25.5. The second-order valence-corrected chi connectivity index (χ2v) is 16.5. The first-order valence-corrected chi connectivity index (χ1v) is 15.8. The Bertz CT molecular complexity index is 434. The van der Waals surface area contributed by atoms with Crippen molar-refractivity contribution in [2.45, 2.75) is 116 Å². The van der Waals surface area contributed by atoms with Crippen LogP contribution in [-0.4, -0.2) is 48.1 Å². The lowest BCUT2D eigenvalue weighted by atomic mass is 10.0. The molecule has 26 heavy (non-hydrogen) atoms. The summed E-state index contributed by atoms with van der Waals surface area (Å²) in [5.41, 5.74) is 0. The maximum Gasteiger partial charge on any atom is 0.192 e. The van der Waals surface area contributed by atoms with E-state index in [1.54, 1.807) is 0 Å². The van der Waals surface area contributed by atoms with Crippen LogP contribution >= 0.6 is 0 Å². The van der Waals surface area contributed by atoms with E-state index in [1.807, 2.05) is 6.08 Å². The van der Waals surface area contributed by atoms with Gasteiger partial charge in [-0.1, -0.05) is 26.8 Å². The third-order valence-corrected chi connectivity index (χ3v) is 10.9. The standard InChI is InChI=1S/C20H42O4Si2/c1-11-12-13-15(2)21-19-18(24-26(9,10)20(4,5)6)14-17(16(3)22-19)23-25(7)8/h11,15-19,25H,1,12-14H2,2-10H3/t15-,16+,17-,18-,19-/m1/s1. The summed E-state index contributed by atoms with van der Waals surface area (Å²) in [6.45, 7) is 23.8. The molecule has 0 N–H and O–H groups in total. The van der Waals surface area contributed by atoms with Crippen LogP contribution in [0.1, 0.15) is 53.9 Å². The Morgan fingerprint density at radius 2 is 1.88 bits per heavy atom. The van der Waals surface area contributed by atoms with Crippen LogP contribution in [0.15, 0.2) is 12.7 Å². The average molecular weight is 403 g/mol. The molecule has 0 aromatic carbocycles. The van der Waals surface area contributed by atoms with Crippen LogP contribution in [0.25, 0.3) is 0 Å². The van der Waals surface area contributed by atoms with Gasteiger partial charge in [-0.25, -0.2) is 0 Å². The SMILES string of the molecule is C=CCC[C@@H](C)O[C@@H]1O[C@@H](C)[C@H](O[SiH](C)C)C[C@H]1O[Si](C)(C)C(C)(C)C. The third-order valence-electron chi connectivity index (χ3n) is 5.48. The number of hydrogen-bond donors (Lipinski definition) is 0. The van der Waals surface area contributed by atoms with E-state index in [1.165, 1.54) is 0 Å². The van der Waals surface area contributed by atoms with Crippen LogP contribution in [0.5, 0.6) is 0 Å². The van der Waals surface area contributed by atoms with Crippen molar-refractivity contribution in [3.63, 3.8) is 0 Å². The Hall–Kier alpha value is 0.0138. The number of rotatable bonds is 9. The van der Waals surface area contributed by atoms with Crippen molar-refractivity contribution in [3.05, 3.63) is 12.7 Å². The molecule has 4 nitrogen and oxygen atoms in total. The molecule has 154 valence electrons. The minimum absolute atomic E-state index is 0.0285. The first-order valence-electron chi connectivity index (χ1n) is 10.1. The van der Waals surface area contributed by atoms with Gasteiger partial charge in [0.2, 0.25) is 0 Å². The van der Waals surface area contributed by atoms with Crippen LogP contribution in [0, 0.1) is 0 Å². The summed E-state index contributed by atoms with van der Waals surface area (Å²) in [5.74, 6) is 0. The van der Waals surface area contributed by atoms with Gasteiger partial charge in [-0.15, -0.1) is 6.58 Å². The highest BCUT2D eigenvalue weighted by molar-refractivity contribution is 6.74. The van der Waals surface area contributed by atoms with E-state index in [-0.39, 0.29) is 35.7 Å². The summed E-state index contributed by atoms with van der Waals surface area (Å²) in [5, 5.41) is 0.151. The fraction of sp³-hybridized carbons (Fsp3) is 0.900. The molecule has 1 rings (SSSR count). The van der Waals surface area contributed by atoms with E-state index < -0.39 is 17.4 Å². The molecule has 0 saturated carbocycles. The highest BCUT2D eigenvalue weighted by Gasteiger charge is 2.45. The highest BCUT2D eigenvalue weighted by Crippen LogP contribution is 2.40. The summed E-state index contributed by atoms with van der Waals surface area (Å²) in [4.78, 5) is 0. The van der Waals surface area contributed by atoms with Crippen LogP contribution in [0.2, 0.25) is 31.2 Å². The van der Waals surface area contributed by atoms with E-state index >= 15 is 0 Å². The van der Waals surface area contributed by atoms with Gasteiger partial charge in [0.05, 0.1) is 24.4 Å². The van der Waals surface area contributed by atoms with Crippen molar-refractivity contribution >= 4 is 17.4 Å². The van der Waals surface area contributed by atoms with E-state index in [9.17, 15) is 0 Å². The molecule has 0 bridgehead atoms. The molecular formula is C20H42O4Si2. The van der Waals surface area contributed by atoms with Crippen molar-refractivity contribution < 1.29 is 18.3 Å². The molecule has 0 aromatic heterocycles. The Morgan fingerprint density at radius 1 is 1.27 bits per heavy atom. The Balaban J connectivity index is 2.91. The van der Waals surface area contributed by atoms with Gasteiger partial charge in [-0.05, 0) is 57.9 Å². The van der Waals surface area contributed by atoms with E-state index in [0.717, 1.165) is 19.3 Å². The van der Waals surface area contributed by atoms with Gasteiger partial charge < -0.3 is 18.3 Å². The number of allylic oxidation sites excluding steroid dienone is 1. The molecule has 1 heterocycles. The van der Waals surface area contributed by atoms with Gasteiger partial charge in [-0.3, -0.25) is 0 Å². The van der Waals surface area contributed by atoms with Crippen LogP contribution < -0.4 is 0 Å². The Labute approximate surface area is 164 Å². The molecule has 1 aliphatic heterocycles. The number of ether oxygens (including phenoxy) is 2. The van der Waals surface area contributed by atoms with Crippen LogP contribution in [0.3, 0.4) is 0 Å². The third kappa shape index (κ3) is 7.21. The second kappa shape index (κ2) is 9.98. The maximum atomic E-state index is 6.73. The Morgan fingerprint density at radius 3 is 2.38 bits per heavy atom. The molecule has 1 aliphatic rings. The molecule has 0 aliphatic carbocycles. The van der Waals surface area contributed by atoms with Crippen LogP contribution in [-0.2, 0) is 18.3 Å². The van der Waals surface area contributed by atoms with Crippen molar-refractivity contribution in [3.8, 4) is 0 Å². The first-order chi connectivity index (χ1) is 11.9. The molecule has 0 aromatic rings. The zero-order chi connectivity index (χ0) is 20.1. The first kappa shape index (κ1) is 24.1. The van der Waals surface area contributed by atoms with E-state index in [4.69, 9.17) is 18.3 Å². The van der Waals surface area contributed by atoms with Crippen molar-refractivity contribution in [1.82, 2.24) is 0 Å². The lowest BCUT2D eigenvalue weighted by molar-refractivity contribution is -0.267. The molecule has 0 radical (unpaired) electrons. The fourth-order valence-electron chi connectivity index (χ4n) is 2.86. The molecule has 1 saturated heterocycles. The summed E-state index contributed by atoms with van der Waals surface area (Å²) >= 11 is 0. The Kier molecular flexibility index (Phi) is 9.23. The molecule has 0 spiro atoms. The smallest absolute Gasteiger partial charge is 0.192 e. The summed E-state index contributed by atoms with van der Waals surface area (Å²) in [6.07, 6.45) is 4.52. The monoisotopic (exact) mass is 402 g/mol. The minimum Gasteiger partial charge on any atom is -0.415 e. The lowest BCUT2D eigenvalue weighted by Crippen LogP contribution is -2.55. The van der Waals surface area contributed by atoms with Gasteiger partial charge in [0, 0.05) is 6.42 Å². The van der Waals surface area contributed by atoms with Crippen molar-refractivity contribution in [2.24, 2.45) is 0 Å². The van der Waals surface area contributed by atoms with Gasteiger partial charge in [0.25, 0.3) is 0 Å². The molecule has 0 unspecified atom stereocenters. The van der Waals surface area contributed by atoms with E-state index in [2.05, 4.69) is 67.4 Å². The van der Waals surface area contributed by atoms with Gasteiger partial charge in [0.15, 0.2) is 23.6 Å². The quantitative estimate of drug-likeness (QED) is 0.390. The minimum atomic E-state index is -1.92. The molecule has 5 atom stereocenters. The summed E-state index contributed by atoms with van der Waals surface area (Å²) in [6, 6.07) is 0. The zero-order valence-electron chi connectivity index (χ0n) is 18.5. The lowest BCUT2D eigenvalue weighted by Gasteiger charge is -2.46. The topological polar surface area (TPSA) is 36.9 Å². The average Bonchev–Trinajstić information content (AvgIpc) is 2.47. The molecule has 1 fully saturated rings. The fourth-order valence-corrected chi connectivity index (χ4v) is 5.21. The van der Waals surface area contributed by atoms with Crippen LogP contribution in [0.4, 0.5) is 0 Å². The van der Waals surface area contributed by atoms with Gasteiger partial charge >= 0.3 is 0 Å². The molecule has 6 heteroatoms. The van der Waals surface area contributed by atoms with Gasteiger partial charge in [0.1, 0.15) is 0 Å². The zero-order valence-corrected chi connectivity index (χ0v) is 20.7. The second-order valence-electron chi connectivity index (χ2n) is 9.40. The van der Waals surface area contributed by atoms with E-state index in [0.29, 0.717) is 0 Å².